The monoisotopic (exact) mass is 432 g/mol. The normalized spacial score (nSPS) is 10.8. The predicted molar refractivity (Wildman–Crippen MR) is 126 cm³/mol. The van der Waals surface area contributed by atoms with Crippen LogP contribution in [0.1, 0.15) is 26.3 Å². The van der Waals surface area contributed by atoms with Gasteiger partial charge in [0.05, 0.1) is 0 Å². The summed E-state index contributed by atoms with van der Waals surface area (Å²) in [5, 5.41) is 5.53. The molecule has 3 rings (SSSR count). The SMILES string of the molecule is CC(C)(C)c1ccc(OCC(=O)Nc2cccc(NC(=O)COc3ccccc3)c2)cc1. The molecular weight excluding hydrogens is 404 g/mol. The van der Waals surface area contributed by atoms with Gasteiger partial charge in [-0.05, 0) is 53.4 Å². The second kappa shape index (κ2) is 10.5. The minimum Gasteiger partial charge on any atom is -0.484 e. The number of carbonyl (C=O) groups excluding carboxylic acids is 2. The summed E-state index contributed by atoms with van der Waals surface area (Å²) in [5.74, 6) is 0.671. The third-order valence-electron chi connectivity index (χ3n) is 4.63. The van der Waals surface area contributed by atoms with Crippen LogP contribution in [0.15, 0.2) is 78.9 Å². The Bertz CT molecular complexity index is 1040. The van der Waals surface area contributed by atoms with Crippen LogP contribution in [0.2, 0.25) is 0 Å². The van der Waals surface area contributed by atoms with Gasteiger partial charge in [-0.15, -0.1) is 0 Å². The number of nitrogens with one attached hydrogen (secondary N) is 2. The van der Waals surface area contributed by atoms with E-state index in [9.17, 15) is 9.59 Å². The lowest BCUT2D eigenvalue weighted by Crippen LogP contribution is -2.21. The number of anilines is 2. The molecule has 0 fully saturated rings. The lowest BCUT2D eigenvalue weighted by Gasteiger charge is -2.19. The van der Waals surface area contributed by atoms with E-state index < -0.39 is 0 Å². The van der Waals surface area contributed by atoms with Crippen LogP contribution in [-0.4, -0.2) is 25.0 Å². The van der Waals surface area contributed by atoms with E-state index in [0.717, 1.165) is 0 Å². The van der Waals surface area contributed by atoms with Crippen molar-refractivity contribution in [2.45, 2.75) is 26.2 Å². The molecule has 3 aromatic carbocycles. The van der Waals surface area contributed by atoms with Gasteiger partial charge in [-0.2, -0.15) is 0 Å². The molecule has 6 heteroatoms. The Morgan fingerprint density at radius 1 is 0.688 bits per heavy atom. The molecule has 0 aromatic heterocycles. The highest BCUT2D eigenvalue weighted by Crippen LogP contribution is 2.24. The van der Waals surface area contributed by atoms with E-state index in [1.165, 1.54) is 5.56 Å². The largest absolute Gasteiger partial charge is 0.484 e. The van der Waals surface area contributed by atoms with E-state index in [1.807, 2.05) is 42.5 Å². The molecule has 0 heterocycles. The quantitative estimate of drug-likeness (QED) is 0.524. The zero-order chi connectivity index (χ0) is 23.0. The van der Waals surface area contributed by atoms with Crippen LogP contribution in [0, 0.1) is 0 Å². The van der Waals surface area contributed by atoms with Crippen LogP contribution in [0.25, 0.3) is 0 Å². The summed E-state index contributed by atoms with van der Waals surface area (Å²) in [4.78, 5) is 24.4. The van der Waals surface area contributed by atoms with Crippen molar-refractivity contribution >= 4 is 23.2 Å². The number of hydrogen-bond donors (Lipinski definition) is 2. The molecule has 0 bridgehead atoms. The number of ether oxygens (including phenoxy) is 2. The molecule has 3 aromatic rings. The van der Waals surface area contributed by atoms with Gasteiger partial charge in [-0.1, -0.05) is 57.2 Å². The minimum absolute atomic E-state index is 0.0595. The highest BCUT2D eigenvalue weighted by Gasteiger charge is 2.13. The lowest BCUT2D eigenvalue weighted by atomic mass is 9.87. The minimum atomic E-state index is -0.292. The highest BCUT2D eigenvalue weighted by molar-refractivity contribution is 5.95. The van der Waals surface area contributed by atoms with Gasteiger partial charge in [0.25, 0.3) is 11.8 Å². The van der Waals surface area contributed by atoms with Crippen LogP contribution in [0.4, 0.5) is 11.4 Å². The van der Waals surface area contributed by atoms with Crippen LogP contribution >= 0.6 is 0 Å². The number of carbonyl (C=O) groups is 2. The van der Waals surface area contributed by atoms with Crippen molar-refractivity contribution in [1.82, 2.24) is 0 Å². The van der Waals surface area contributed by atoms with Gasteiger partial charge in [0, 0.05) is 11.4 Å². The molecule has 6 nitrogen and oxygen atoms in total. The summed E-state index contributed by atoms with van der Waals surface area (Å²) in [6, 6.07) is 23.7. The van der Waals surface area contributed by atoms with E-state index >= 15 is 0 Å². The first-order valence-corrected chi connectivity index (χ1v) is 10.4. The Labute approximate surface area is 188 Å². The molecule has 0 atom stereocenters. The molecule has 0 aliphatic heterocycles. The zero-order valence-corrected chi connectivity index (χ0v) is 18.6. The fraction of sp³-hybridized carbons (Fsp3) is 0.231. The zero-order valence-electron chi connectivity index (χ0n) is 18.6. The van der Waals surface area contributed by atoms with Gasteiger partial charge < -0.3 is 20.1 Å². The third-order valence-corrected chi connectivity index (χ3v) is 4.63. The van der Waals surface area contributed by atoms with E-state index in [-0.39, 0.29) is 30.4 Å². The Balaban J connectivity index is 1.47. The van der Waals surface area contributed by atoms with Gasteiger partial charge in [-0.3, -0.25) is 9.59 Å². The fourth-order valence-corrected chi connectivity index (χ4v) is 2.93. The number of hydrogen-bond acceptors (Lipinski definition) is 4. The Hall–Kier alpha value is -3.80. The van der Waals surface area contributed by atoms with Crippen LogP contribution in [0.5, 0.6) is 11.5 Å². The summed E-state index contributed by atoms with van der Waals surface area (Å²) in [6.07, 6.45) is 0. The lowest BCUT2D eigenvalue weighted by molar-refractivity contribution is -0.118. The second-order valence-electron chi connectivity index (χ2n) is 8.34. The number of amides is 2. The second-order valence-corrected chi connectivity index (χ2v) is 8.34. The summed E-state index contributed by atoms with van der Waals surface area (Å²) in [7, 11) is 0. The van der Waals surface area contributed by atoms with Gasteiger partial charge in [-0.25, -0.2) is 0 Å². The topological polar surface area (TPSA) is 76.7 Å². The average Bonchev–Trinajstić information content (AvgIpc) is 2.77. The van der Waals surface area contributed by atoms with Crippen molar-refractivity contribution in [3.63, 3.8) is 0 Å². The van der Waals surface area contributed by atoms with Gasteiger partial charge in [0.2, 0.25) is 0 Å². The van der Waals surface area contributed by atoms with Crippen molar-refractivity contribution in [3.8, 4) is 11.5 Å². The van der Waals surface area contributed by atoms with Gasteiger partial charge >= 0.3 is 0 Å². The molecule has 2 amide bonds. The summed E-state index contributed by atoms with van der Waals surface area (Å²) in [6.45, 7) is 6.20. The Kier molecular flexibility index (Phi) is 7.49. The molecule has 0 spiro atoms. The summed E-state index contributed by atoms with van der Waals surface area (Å²) >= 11 is 0. The van der Waals surface area contributed by atoms with Crippen LogP contribution in [-0.2, 0) is 15.0 Å². The molecule has 0 aliphatic rings. The van der Waals surface area contributed by atoms with E-state index in [4.69, 9.17) is 9.47 Å². The van der Waals surface area contributed by atoms with Gasteiger partial charge in [0.15, 0.2) is 13.2 Å². The first kappa shape index (κ1) is 22.9. The standard InChI is InChI=1S/C26H28N2O4/c1-26(2,3)19-12-14-23(15-13-19)32-18-25(30)28-21-9-7-8-20(16-21)27-24(29)17-31-22-10-5-4-6-11-22/h4-16H,17-18H2,1-3H3,(H,27,29)(H,28,30). The maximum Gasteiger partial charge on any atom is 0.262 e. The molecular formula is C26H28N2O4. The number of para-hydroxylation sites is 1. The average molecular weight is 433 g/mol. The molecule has 32 heavy (non-hydrogen) atoms. The Morgan fingerprint density at radius 3 is 1.69 bits per heavy atom. The summed E-state index contributed by atoms with van der Waals surface area (Å²) in [5.41, 5.74) is 2.37. The first-order chi connectivity index (χ1) is 15.3. The molecule has 0 unspecified atom stereocenters. The fourth-order valence-electron chi connectivity index (χ4n) is 2.93. The molecule has 2 N–H and O–H groups in total. The maximum absolute atomic E-state index is 12.3. The summed E-state index contributed by atoms with van der Waals surface area (Å²) < 4.78 is 11.0. The highest BCUT2D eigenvalue weighted by atomic mass is 16.5. The third kappa shape index (κ3) is 7.16. The van der Waals surface area contributed by atoms with Crippen molar-refractivity contribution in [2.24, 2.45) is 0 Å². The molecule has 0 saturated heterocycles. The maximum atomic E-state index is 12.3. The predicted octanol–water partition coefficient (Wildman–Crippen LogP) is 5.02. The van der Waals surface area contributed by atoms with Crippen molar-refractivity contribution in [1.29, 1.82) is 0 Å². The van der Waals surface area contributed by atoms with Crippen LogP contribution in [0.3, 0.4) is 0 Å². The number of rotatable bonds is 8. The van der Waals surface area contributed by atoms with E-state index in [2.05, 4.69) is 31.4 Å². The Morgan fingerprint density at radius 2 is 1.19 bits per heavy atom. The van der Waals surface area contributed by atoms with Crippen molar-refractivity contribution in [2.75, 3.05) is 23.8 Å². The van der Waals surface area contributed by atoms with E-state index in [0.29, 0.717) is 22.9 Å². The molecule has 0 aliphatic carbocycles. The molecule has 0 saturated carbocycles. The van der Waals surface area contributed by atoms with Crippen LogP contribution < -0.4 is 20.1 Å². The smallest absolute Gasteiger partial charge is 0.262 e. The van der Waals surface area contributed by atoms with E-state index in [1.54, 1.807) is 36.4 Å². The van der Waals surface area contributed by atoms with Gasteiger partial charge in [0.1, 0.15) is 11.5 Å². The first-order valence-electron chi connectivity index (χ1n) is 10.4. The van der Waals surface area contributed by atoms with Crippen molar-refractivity contribution in [3.05, 3.63) is 84.4 Å². The molecule has 0 radical (unpaired) electrons. The number of benzene rings is 3. The molecule has 166 valence electrons. The van der Waals surface area contributed by atoms with Crippen molar-refractivity contribution < 1.29 is 19.1 Å².